The van der Waals surface area contributed by atoms with Gasteiger partial charge in [-0.05, 0) is 0 Å². The zero-order valence-corrected chi connectivity index (χ0v) is 16.1. The fourth-order valence-corrected chi connectivity index (χ4v) is 2.92. The molecule has 1 aliphatic rings. The predicted octanol–water partition coefficient (Wildman–Crippen LogP) is 1.09. The molecule has 0 aromatic carbocycles. The molecule has 2 aromatic rings. The monoisotopic (exact) mass is 389 g/mol. The van der Waals surface area contributed by atoms with Crippen LogP contribution in [0.3, 0.4) is 0 Å². The standard InChI is InChI=1S/C17H23N7O4/c1-17(2,3)16-20-13(21-28-16)10-22-4-6-23(7-5-22)15-12(14(18)25)8-11(9-19-15)24(26)27/h8-9H,4-7,10H2,1-3H3,(H2,18,25). The summed E-state index contributed by atoms with van der Waals surface area (Å²) in [5.41, 5.74) is 4.98. The fraction of sp³-hybridized carbons (Fsp3) is 0.529. The number of hydrogen-bond acceptors (Lipinski definition) is 9. The summed E-state index contributed by atoms with van der Waals surface area (Å²) in [5, 5.41) is 15.0. The van der Waals surface area contributed by atoms with E-state index in [4.69, 9.17) is 10.3 Å². The van der Waals surface area contributed by atoms with Gasteiger partial charge >= 0.3 is 0 Å². The Morgan fingerprint density at radius 2 is 2.00 bits per heavy atom. The predicted molar refractivity (Wildman–Crippen MR) is 99.9 cm³/mol. The van der Waals surface area contributed by atoms with Crippen LogP contribution >= 0.6 is 0 Å². The second-order valence-corrected chi connectivity index (χ2v) is 7.71. The van der Waals surface area contributed by atoms with Crippen LogP contribution in [-0.2, 0) is 12.0 Å². The second-order valence-electron chi connectivity index (χ2n) is 7.71. The summed E-state index contributed by atoms with van der Waals surface area (Å²) in [6, 6.07) is 1.17. The van der Waals surface area contributed by atoms with Crippen LogP contribution < -0.4 is 10.6 Å². The van der Waals surface area contributed by atoms with Crippen LogP contribution in [0.5, 0.6) is 0 Å². The average Bonchev–Trinajstić information content (AvgIpc) is 3.11. The van der Waals surface area contributed by atoms with E-state index in [1.807, 2.05) is 25.7 Å². The normalized spacial score (nSPS) is 15.6. The molecule has 3 rings (SSSR count). The second kappa shape index (κ2) is 7.50. The number of rotatable bonds is 5. The number of piperazine rings is 1. The van der Waals surface area contributed by atoms with Crippen molar-refractivity contribution in [3.8, 4) is 0 Å². The first-order chi connectivity index (χ1) is 13.1. The Morgan fingerprint density at radius 3 is 2.54 bits per heavy atom. The number of anilines is 1. The first kappa shape index (κ1) is 19.7. The minimum atomic E-state index is -0.741. The number of carbonyl (C=O) groups is 1. The topological polar surface area (TPSA) is 145 Å². The van der Waals surface area contributed by atoms with Gasteiger partial charge in [-0.1, -0.05) is 25.9 Å². The van der Waals surface area contributed by atoms with Crippen LogP contribution in [-0.4, -0.2) is 57.0 Å². The molecular weight excluding hydrogens is 366 g/mol. The quantitative estimate of drug-likeness (QED) is 0.586. The molecule has 0 unspecified atom stereocenters. The van der Waals surface area contributed by atoms with E-state index < -0.39 is 10.8 Å². The van der Waals surface area contributed by atoms with Crippen molar-refractivity contribution in [3.05, 3.63) is 39.7 Å². The Balaban J connectivity index is 1.66. The van der Waals surface area contributed by atoms with Gasteiger partial charge in [0.1, 0.15) is 12.0 Å². The molecule has 0 atom stereocenters. The van der Waals surface area contributed by atoms with Crippen LogP contribution in [0.25, 0.3) is 0 Å². The van der Waals surface area contributed by atoms with Gasteiger partial charge in [0.2, 0.25) is 5.89 Å². The Kier molecular flexibility index (Phi) is 5.27. The van der Waals surface area contributed by atoms with Crippen LogP contribution in [0.4, 0.5) is 11.5 Å². The number of nitro groups is 1. The van der Waals surface area contributed by atoms with Crippen LogP contribution in [0.15, 0.2) is 16.8 Å². The lowest BCUT2D eigenvalue weighted by molar-refractivity contribution is -0.385. The highest BCUT2D eigenvalue weighted by Crippen LogP contribution is 2.24. The van der Waals surface area contributed by atoms with Crippen LogP contribution in [0.2, 0.25) is 0 Å². The van der Waals surface area contributed by atoms with Gasteiger partial charge in [-0.2, -0.15) is 4.98 Å². The zero-order valence-electron chi connectivity index (χ0n) is 16.1. The molecule has 1 saturated heterocycles. The molecule has 1 amide bonds. The number of hydrogen-bond donors (Lipinski definition) is 1. The summed E-state index contributed by atoms with van der Waals surface area (Å²) >= 11 is 0. The molecule has 0 saturated carbocycles. The smallest absolute Gasteiger partial charge is 0.288 e. The molecule has 3 heterocycles. The molecule has 2 N–H and O–H groups in total. The number of aromatic nitrogens is 3. The van der Waals surface area contributed by atoms with Gasteiger partial charge in [0, 0.05) is 37.7 Å². The van der Waals surface area contributed by atoms with E-state index in [0.717, 1.165) is 6.20 Å². The minimum Gasteiger partial charge on any atom is -0.365 e. The summed E-state index contributed by atoms with van der Waals surface area (Å²) in [5.74, 6) is 0.856. The number of nitrogens with two attached hydrogens (primary N) is 1. The Bertz CT molecular complexity index is 882. The number of nitrogens with zero attached hydrogens (tertiary/aromatic N) is 6. The van der Waals surface area contributed by atoms with Crippen molar-refractivity contribution in [1.29, 1.82) is 0 Å². The first-order valence-electron chi connectivity index (χ1n) is 8.90. The Morgan fingerprint density at radius 1 is 1.32 bits per heavy atom. The van der Waals surface area contributed by atoms with E-state index in [2.05, 4.69) is 20.0 Å². The SMILES string of the molecule is CC(C)(C)c1nc(CN2CCN(c3ncc([N+](=O)[O-])cc3C(N)=O)CC2)no1. The number of amides is 1. The van der Waals surface area contributed by atoms with Crippen molar-refractivity contribution in [1.82, 2.24) is 20.0 Å². The molecule has 11 nitrogen and oxygen atoms in total. The van der Waals surface area contributed by atoms with Crippen LogP contribution in [0.1, 0.15) is 42.8 Å². The van der Waals surface area contributed by atoms with Crippen molar-refractivity contribution >= 4 is 17.4 Å². The van der Waals surface area contributed by atoms with Gasteiger partial charge in [-0.3, -0.25) is 19.8 Å². The molecule has 0 bridgehead atoms. The summed E-state index contributed by atoms with van der Waals surface area (Å²) in [7, 11) is 0. The maximum atomic E-state index is 11.7. The minimum absolute atomic E-state index is 0.0515. The molecule has 0 radical (unpaired) electrons. The summed E-state index contributed by atoms with van der Waals surface area (Å²) in [4.78, 5) is 34.7. The first-order valence-corrected chi connectivity index (χ1v) is 8.90. The third-order valence-electron chi connectivity index (χ3n) is 4.48. The van der Waals surface area contributed by atoms with Crippen molar-refractivity contribution in [2.24, 2.45) is 5.73 Å². The molecule has 11 heteroatoms. The molecule has 1 aliphatic heterocycles. The lowest BCUT2D eigenvalue weighted by Crippen LogP contribution is -2.47. The zero-order chi connectivity index (χ0) is 20.5. The number of carbonyl (C=O) groups excluding carboxylic acids is 1. The van der Waals surface area contributed by atoms with E-state index in [0.29, 0.717) is 50.3 Å². The van der Waals surface area contributed by atoms with Crippen molar-refractivity contribution in [2.75, 3.05) is 31.1 Å². The van der Waals surface area contributed by atoms with E-state index in [-0.39, 0.29) is 16.7 Å². The number of pyridine rings is 1. The lowest BCUT2D eigenvalue weighted by atomic mass is 9.97. The Hall–Kier alpha value is -3.08. The van der Waals surface area contributed by atoms with Gasteiger partial charge in [0.25, 0.3) is 11.6 Å². The number of primary amides is 1. The highest BCUT2D eigenvalue weighted by atomic mass is 16.6. The maximum Gasteiger partial charge on any atom is 0.288 e. The van der Waals surface area contributed by atoms with Gasteiger partial charge in [0.15, 0.2) is 5.82 Å². The molecule has 1 fully saturated rings. The summed E-state index contributed by atoms with van der Waals surface area (Å²) < 4.78 is 5.32. The Labute approximate surface area is 161 Å². The average molecular weight is 389 g/mol. The molecule has 28 heavy (non-hydrogen) atoms. The lowest BCUT2D eigenvalue weighted by Gasteiger charge is -2.35. The molecular formula is C17H23N7O4. The van der Waals surface area contributed by atoms with E-state index in [1.165, 1.54) is 6.07 Å². The van der Waals surface area contributed by atoms with Gasteiger partial charge in [-0.25, -0.2) is 4.98 Å². The van der Waals surface area contributed by atoms with Gasteiger partial charge in [0.05, 0.1) is 17.0 Å². The molecule has 0 aliphatic carbocycles. The maximum absolute atomic E-state index is 11.7. The summed E-state index contributed by atoms with van der Waals surface area (Å²) in [6.45, 7) is 9.16. The van der Waals surface area contributed by atoms with Gasteiger partial charge < -0.3 is 15.2 Å². The molecule has 2 aromatic heterocycles. The van der Waals surface area contributed by atoms with Crippen molar-refractivity contribution in [3.63, 3.8) is 0 Å². The molecule has 150 valence electrons. The highest BCUT2D eigenvalue weighted by Gasteiger charge is 2.26. The summed E-state index contributed by atoms with van der Waals surface area (Å²) in [6.07, 6.45) is 1.14. The van der Waals surface area contributed by atoms with E-state index in [9.17, 15) is 14.9 Å². The highest BCUT2D eigenvalue weighted by molar-refractivity contribution is 5.98. The molecule has 0 spiro atoms. The van der Waals surface area contributed by atoms with Gasteiger partial charge in [-0.15, -0.1) is 0 Å². The van der Waals surface area contributed by atoms with Crippen molar-refractivity contribution in [2.45, 2.75) is 32.7 Å². The van der Waals surface area contributed by atoms with E-state index in [1.54, 1.807) is 0 Å². The third kappa shape index (κ3) is 4.25. The fourth-order valence-electron chi connectivity index (χ4n) is 2.92. The largest absolute Gasteiger partial charge is 0.365 e. The van der Waals surface area contributed by atoms with E-state index >= 15 is 0 Å². The van der Waals surface area contributed by atoms with Crippen LogP contribution in [0, 0.1) is 10.1 Å². The van der Waals surface area contributed by atoms with Crippen molar-refractivity contribution < 1.29 is 14.2 Å². The third-order valence-corrected chi connectivity index (χ3v) is 4.48.